The first kappa shape index (κ1) is 12.9. The minimum Gasteiger partial charge on any atom is -0.103 e. The summed E-state index contributed by atoms with van der Waals surface area (Å²) in [6.07, 6.45) is 4.23. The Hall–Kier alpha value is -2.08. The van der Waals surface area contributed by atoms with Crippen molar-refractivity contribution in [1.82, 2.24) is 0 Å². The molecule has 0 heterocycles. The van der Waals surface area contributed by atoms with Gasteiger partial charge in [0.25, 0.3) is 0 Å². The van der Waals surface area contributed by atoms with Gasteiger partial charge in [-0.3, -0.25) is 0 Å². The lowest BCUT2D eigenvalue weighted by Crippen LogP contribution is -2.00. The first-order chi connectivity index (χ1) is 9.77. The van der Waals surface area contributed by atoms with E-state index in [9.17, 15) is 0 Å². The summed E-state index contributed by atoms with van der Waals surface area (Å²) in [5.74, 6) is 0. The summed E-state index contributed by atoms with van der Waals surface area (Å²) >= 11 is 0. The highest BCUT2D eigenvalue weighted by Gasteiger charge is 2.49. The molecule has 0 aliphatic heterocycles. The Labute approximate surface area is 121 Å². The van der Waals surface area contributed by atoms with Gasteiger partial charge in [0.2, 0.25) is 0 Å². The van der Waals surface area contributed by atoms with Gasteiger partial charge < -0.3 is 0 Å². The number of rotatable bonds is 5. The number of benzene rings is 2. The molecule has 0 spiro atoms. The Morgan fingerprint density at radius 1 is 0.850 bits per heavy atom. The van der Waals surface area contributed by atoms with E-state index in [1.54, 1.807) is 0 Å². The molecular formula is C20H20. The van der Waals surface area contributed by atoms with E-state index < -0.39 is 0 Å². The van der Waals surface area contributed by atoms with Crippen LogP contribution in [0, 0.1) is 5.41 Å². The van der Waals surface area contributed by atoms with Crippen molar-refractivity contribution in [2.24, 2.45) is 5.41 Å². The van der Waals surface area contributed by atoms with Crippen LogP contribution in [-0.2, 0) is 0 Å². The van der Waals surface area contributed by atoms with E-state index in [0.717, 1.165) is 12.8 Å². The van der Waals surface area contributed by atoms with Gasteiger partial charge in [-0.25, -0.2) is 0 Å². The highest BCUT2D eigenvalue weighted by molar-refractivity contribution is 6.14. The molecule has 0 heteroatoms. The summed E-state index contributed by atoms with van der Waals surface area (Å²) < 4.78 is 0. The molecule has 0 nitrogen and oxygen atoms in total. The molecule has 0 bridgehead atoms. The summed E-state index contributed by atoms with van der Waals surface area (Å²) in [4.78, 5) is 0. The maximum absolute atomic E-state index is 3.87. The quantitative estimate of drug-likeness (QED) is 0.615. The Morgan fingerprint density at radius 2 is 1.30 bits per heavy atom. The number of hydrogen-bond donors (Lipinski definition) is 0. The molecule has 0 atom stereocenters. The third kappa shape index (κ3) is 2.12. The van der Waals surface area contributed by atoms with Crippen molar-refractivity contribution < 1.29 is 0 Å². The van der Waals surface area contributed by atoms with E-state index in [-0.39, 0.29) is 5.41 Å². The Balaban J connectivity index is 2.01. The summed E-state index contributed by atoms with van der Waals surface area (Å²) in [6.45, 7) is 6.23. The number of allylic oxidation sites excluding steroid dienone is 3. The molecule has 0 saturated heterocycles. The van der Waals surface area contributed by atoms with Gasteiger partial charge in [-0.2, -0.15) is 0 Å². The second-order valence-corrected chi connectivity index (χ2v) is 5.64. The van der Waals surface area contributed by atoms with Crippen LogP contribution in [0.1, 0.15) is 30.9 Å². The molecule has 0 unspecified atom stereocenters. The molecule has 2 aromatic rings. The van der Waals surface area contributed by atoms with Crippen LogP contribution in [0.2, 0.25) is 0 Å². The van der Waals surface area contributed by atoms with Crippen molar-refractivity contribution in [2.75, 3.05) is 0 Å². The van der Waals surface area contributed by atoms with E-state index in [1.165, 1.54) is 22.3 Å². The lowest BCUT2D eigenvalue weighted by molar-refractivity contribution is 0.604. The summed E-state index contributed by atoms with van der Waals surface area (Å²) in [5.41, 5.74) is 5.94. The minimum absolute atomic E-state index is 0.205. The Kier molecular flexibility index (Phi) is 3.31. The molecule has 0 fully saturated rings. The van der Waals surface area contributed by atoms with Crippen molar-refractivity contribution >= 4 is 11.1 Å². The fraction of sp³-hybridized carbons (Fsp3) is 0.200. The normalized spacial score (nSPS) is 16.1. The molecule has 20 heavy (non-hydrogen) atoms. The monoisotopic (exact) mass is 260 g/mol. The van der Waals surface area contributed by atoms with Crippen molar-refractivity contribution in [3.8, 4) is 0 Å². The minimum atomic E-state index is 0.205. The molecule has 0 saturated carbocycles. The van der Waals surface area contributed by atoms with Gasteiger partial charge in [0.1, 0.15) is 0 Å². The first-order valence-electron chi connectivity index (χ1n) is 7.24. The van der Waals surface area contributed by atoms with Crippen molar-refractivity contribution in [2.45, 2.75) is 19.8 Å². The number of hydrogen-bond acceptors (Lipinski definition) is 0. The van der Waals surface area contributed by atoms with Crippen LogP contribution in [0.25, 0.3) is 11.1 Å². The summed E-state index contributed by atoms with van der Waals surface area (Å²) in [7, 11) is 0. The van der Waals surface area contributed by atoms with Crippen LogP contribution in [0.3, 0.4) is 0 Å². The van der Waals surface area contributed by atoms with E-state index >= 15 is 0 Å². The molecule has 0 N–H and O–H groups in total. The van der Waals surface area contributed by atoms with Crippen LogP contribution in [0.15, 0.2) is 73.3 Å². The van der Waals surface area contributed by atoms with Crippen molar-refractivity contribution in [3.63, 3.8) is 0 Å². The molecule has 3 rings (SSSR count). The third-order valence-corrected chi connectivity index (χ3v) is 4.26. The second-order valence-electron chi connectivity index (χ2n) is 5.64. The van der Waals surface area contributed by atoms with Crippen LogP contribution in [-0.4, -0.2) is 0 Å². The first-order valence-corrected chi connectivity index (χ1v) is 7.24. The average molecular weight is 260 g/mol. The molecule has 0 radical (unpaired) electrons. The standard InChI is InChI=1S/C20H20/c1-3-4-15-20(2)18(16-11-7-5-8-12-16)19(20)17-13-9-6-10-14-17/h3,5-14H,1,4,15H2,2H3. The topological polar surface area (TPSA) is 0 Å². The average Bonchev–Trinajstić information content (AvgIpc) is 3.13. The maximum atomic E-state index is 3.87. The lowest BCUT2D eigenvalue weighted by atomic mass is 9.90. The van der Waals surface area contributed by atoms with Crippen LogP contribution >= 0.6 is 0 Å². The van der Waals surface area contributed by atoms with Crippen LogP contribution in [0.4, 0.5) is 0 Å². The fourth-order valence-electron chi connectivity index (χ4n) is 3.19. The van der Waals surface area contributed by atoms with Gasteiger partial charge in [0, 0.05) is 5.41 Å². The van der Waals surface area contributed by atoms with Gasteiger partial charge >= 0.3 is 0 Å². The molecule has 100 valence electrons. The highest BCUT2D eigenvalue weighted by atomic mass is 14.5. The van der Waals surface area contributed by atoms with Gasteiger partial charge in [-0.05, 0) is 35.1 Å². The zero-order valence-corrected chi connectivity index (χ0v) is 12.0. The molecule has 1 aliphatic rings. The molecular weight excluding hydrogens is 240 g/mol. The molecule has 0 aromatic heterocycles. The van der Waals surface area contributed by atoms with E-state index in [2.05, 4.69) is 74.2 Å². The van der Waals surface area contributed by atoms with Crippen LogP contribution in [0.5, 0.6) is 0 Å². The predicted octanol–water partition coefficient (Wildman–Crippen LogP) is 5.58. The van der Waals surface area contributed by atoms with Gasteiger partial charge in [0.05, 0.1) is 0 Å². The zero-order chi connectivity index (χ0) is 14.0. The third-order valence-electron chi connectivity index (χ3n) is 4.26. The highest BCUT2D eigenvalue weighted by Crippen LogP contribution is 2.65. The molecule has 1 aliphatic carbocycles. The van der Waals surface area contributed by atoms with Crippen LogP contribution < -0.4 is 0 Å². The largest absolute Gasteiger partial charge is 0.103 e. The van der Waals surface area contributed by atoms with Crippen molar-refractivity contribution in [1.29, 1.82) is 0 Å². The van der Waals surface area contributed by atoms with Gasteiger partial charge in [-0.1, -0.05) is 73.7 Å². The Bertz CT molecular complexity index is 583. The van der Waals surface area contributed by atoms with Crippen molar-refractivity contribution in [3.05, 3.63) is 84.4 Å². The maximum Gasteiger partial charge on any atom is 0.0196 e. The van der Waals surface area contributed by atoms with Gasteiger partial charge in [-0.15, -0.1) is 6.58 Å². The van der Waals surface area contributed by atoms with Gasteiger partial charge in [0.15, 0.2) is 0 Å². The second kappa shape index (κ2) is 5.13. The molecule has 0 amide bonds. The Morgan fingerprint density at radius 3 is 1.70 bits per heavy atom. The fourth-order valence-corrected chi connectivity index (χ4v) is 3.19. The summed E-state index contributed by atoms with van der Waals surface area (Å²) in [5, 5.41) is 0. The zero-order valence-electron chi connectivity index (χ0n) is 12.0. The van der Waals surface area contributed by atoms with E-state index in [1.807, 2.05) is 6.08 Å². The predicted molar refractivity (Wildman–Crippen MR) is 87.2 cm³/mol. The summed E-state index contributed by atoms with van der Waals surface area (Å²) in [6, 6.07) is 21.5. The van der Waals surface area contributed by atoms with E-state index in [0.29, 0.717) is 0 Å². The smallest absolute Gasteiger partial charge is 0.0196 e. The van der Waals surface area contributed by atoms with E-state index in [4.69, 9.17) is 0 Å². The SMILES string of the molecule is C=CCCC1(C)C(c2ccccc2)=C1c1ccccc1. The lowest BCUT2D eigenvalue weighted by Gasteiger charge is -2.13. The molecule has 2 aromatic carbocycles.